The number of hydrogen-bond acceptors (Lipinski definition) is 6. The number of rotatable bonds is 4. The van der Waals surface area contributed by atoms with Gasteiger partial charge in [-0.25, -0.2) is 14.1 Å². The second kappa shape index (κ2) is 8.06. The third-order valence-electron chi connectivity index (χ3n) is 5.13. The fourth-order valence-corrected chi connectivity index (χ4v) is 5.60. The van der Waals surface area contributed by atoms with Crippen molar-refractivity contribution in [3.63, 3.8) is 0 Å². The van der Waals surface area contributed by atoms with Crippen LogP contribution < -0.4 is 5.32 Å². The summed E-state index contributed by atoms with van der Waals surface area (Å²) < 4.78 is 14.9. The highest BCUT2D eigenvalue weighted by atomic mass is 32.1. The van der Waals surface area contributed by atoms with Crippen LogP contribution in [0.2, 0.25) is 0 Å². The summed E-state index contributed by atoms with van der Waals surface area (Å²) in [6, 6.07) is 11.9. The number of carbonyl (C=O) groups excluding carboxylic acids is 1. The van der Waals surface area contributed by atoms with Crippen molar-refractivity contribution < 1.29 is 9.18 Å². The molecule has 5 rings (SSSR count). The normalized spacial score (nSPS) is 12.9. The molecule has 1 aromatic carbocycles. The van der Waals surface area contributed by atoms with Crippen LogP contribution in [0.5, 0.6) is 0 Å². The van der Waals surface area contributed by atoms with E-state index in [0.29, 0.717) is 22.1 Å². The van der Waals surface area contributed by atoms with Crippen molar-refractivity contribution in [1.82, 2.24) is 14.8 Å². The first kappa shape index (κ1) is 19.6. The van der Waals surface area contributed by atoms with Crippen molar-refractivity contribution in [3.05, 3.63) is 69.4 Å². The van der Waals surface area contributed by atoms with E-state index in [0.717, 1.165) is 36.1 Å². The fourth-order valence-electron chi connectivity index (χ4n) is 3.67. The van der Waals surface area contributed by atoms with Gasteiger partial charge in [-0.3, -0.25) is 4.79 Å². The molecular formula is C22H16FN5OS2. The second-order valence-corrected chi connectivity index (χ2v) is 9.16. The molecule has 0 saturated heterocycles. The van der Waals surface area contributed by atoms with E-state index in [9.17, 15) is 14.4 Å². The van der Waals surface area contributed by atoms with Crippen molar-refractivity contribution >= 4 is 33.6 Å². The van der Waals surface area contributed by atoms with Gasteiger partial charge in [0, 0.05) is 4.88 Å². The smallest absolute Gasteiger partial charge is 0.296 e. The molecule has 3 aromatic heterocycles. The Morgan fingerprint density at radius 3 is 2.74 bits per heavy atom. The Labute approximate surface area is 185 Å². The summed E-state index contributed by atoms with van der Waals surface area (Å²) in [4.78, 5) is 19.5. The lowest BCUT2D eigenvalue weighted by atomic mass is 9.96. The summed E-state index contributed by atoms with van der Waals surface area (Å²) in [6.07, 6.45) is 3.95. The first-order valence-electron chi connectivity index (χ1n) is 9.77. The first-order chi connectivity index (χ1) is 15.1. The van der Waals surface area contributed by atoms with Gasteiger partial charge in [-0.2, -0.15) is 5.26 Å². The van der Waals surface area contributed by atoms with Gasteiger partial charge < -0.3 is 5.32 Å². The van der Waals surface area contributed by atoms with Crippen molar-refractivity contribution in [2.45, 2.75) is 25.7 Å². The first-order valence-corrected chi connectivity index (χ1v) is 11.5. The van der Waals surface area contributed by atoms with Gasteiger partial charge in [-0.15, -0.1) is 27.8 Å². The van der Waals surface area contributed by atoms with Crippen molar-refractivity contribution in [2.75, 3.05) is 5.32 Å². The third kappa shape index (κ3) is 3.65. The van der Waals surface area contributed by atoms with Crippen LogP contribution in [0, 0.1) is 17.1 Å². The summed E-state index contributed by atoms with van der Waals surface area (Å²) in [5, 5.41) is 19.3. The molecule has 0 atom stereocenters. The molecule has 0 bridgehead atoms. The maximum absolute atomic E-state index is 13.4. The van der Waals surface area contributed by atoms with Crippen molar-refractivity contribution in [2.24, 2.45) is 0 Å². The molecule has 31 heavy (non-hydrogen) atoms. The number of benzene rings is 1. The number of halogens is 1. The highest BCUT2D eigenvalue weighted by Gasteiger charge is 2.24. The van der Waals surface area contributed by atoms with Crippen LogP contribution in [0.25, 0.3) is 16.4 Å². The van der Waals surface area contributed by atoms with Gasteiger partial charge in [0.15, 0.2) is 5.82 Å². The van der Waals surface area contributed by atoms with Crippen LogP contribution in [-0.2, 0) is 12.8 Å². The minimum Gasteiger partial charge on any atom is -0.310 e. The predicted octanol–water partition coefficient (Wildman–Crippen LogP) is 5.20. The Balaban J connectivity index is 1.52. The SMILES string of the molecule is N#Cc1c(NC(=O)c2nc(-c3cccs3)n(-c3ccc(F)cc3)n2)sc2c1CCCC2. The minimum atomic E-state index is -0.478. The molecular weight excluding hydrogens is 433 g/mol. The lowest BCUT2D eigenvalue weighted by Gasteiger charge is -2.09. The standard InChI is InChI=1S/C22H16FN5OS2/c23-13-7-9-14(10-8-13)28-20(18-6-3-11-30-18)25-19(27-28)21(29)26-22-16(12-24)15-4-1-2-5-17(15)31-22/h3,6-11H,1-2,4-5H2,(H,26,29). The summed E-state index contributed by atoms with van der Waals surface area (Å²) >= 11 is 2.93. The van der Waals surface area contributed by atoms with Crippen LogP contribution in [0.1, 0.15) is 39.5 Å². The topological polar surface area (TPSA) is 83.6 Å². The molecule has 1 aliphatic carbocycles. The van der Waals surface area contributed by atoms with Crippen molar-refractivity contribution in [3.8, 4) is 22.5 Å². The number of anilines is 1. The van der Waals surface area contributed by atoms with Gasteiger partial charge >= 0.3 is 0 Å². The highest BCUT2D eigenvalue weighted by molar-refractivity contribution is 7.16. The zero-order chi connectivity index (χ0) is 21.4. The molecule has 0 saturated carbocycles. The van der Waals surface area contributed by atoms with E-state index >= 15 is 0 Å². The Morgan fingerprint density at radius 1 is 1.19 bits per heavy atom. The van der Waals surface area contributed by atoms with Crippen molar-refractivity contribution in [1.29, 1.82) is 5.26 Å². The predicted molar refractivity (Wildman–Crippen MR) is 118 cm³/mol. The third-order valence-corrected chi connectivity index (χ3v) is 7.21. The second-order valence-electron chi connectivity index (χ2n) is 7.11. The van der Waals surface area contributed by atoms with Crippen LogP contribution >= 0.6 is 22.7 Å². The zero-order valence-electron chi connectivity index (χ0n) is 16.3. The number of nitrogens with one attached hydrogen (secondary N) is 1. The van der Waals surface area contributed by atoms with Gasteiger partial charge in [0.1, 0.15) is 16.9 Å². The van der Waals surface area contributed by atoms with Gasteiger partial charge in [-0.05, 0) is 67.0 Å². The number of carbonyl (C=O) groups is 1. The van der Waals surface area contributed by atoms with E-state index in [2.05, 4.69) is 21.5 Å². The number of aryl methyl sites for hydroxylation is 1. The maximum Gasteiger partial charge on any atom is 0.296 e. The lowest BCUT2D eigenvalue weighted by Crippen LogP contribution is -2.14. The van der Waals surface area contributed by atoms with Gasteiger partial charge in [-0.1, -0.05) is 6.07 Å². The van der Waals surface area contributed by atoms with Crippen LogP contribution in [0.15, 0.2) is 41.8 Å². The van der Waals surface area contributed by atoms with E-state index in [-0.39, 0.29) is 11.6 Å². The quantitative estimate of drug-likeness (QED) is 0.464. The van der Waals surface area contributed by atoms with Gasteiger partial charge in [0.2, 0.25) is 5.82 Å². The summed E-state index contributed by atoms with van der Waals surface area (Å²) in [6.45, 7) is 0. The number of aromatic nitrogens is 3. The molecule has 154 valence electrons. The van der Waals surface area contributed by atoms with E-state index in [1.165, 1.54) is 44.4 Å². The molecule has 1 aliphatic rings. The highest BCUT2D eigenvalue weighted by Crippen LogP contribution is 2.37. The van der Waals surface area contributed by atoms with Crippen LogP contribution in [0.3, 0.4) is 0 Å². The zero-order valence-corrected chi connectivity index (χ0v) is 17.9. The fraction of sp³-hybridized carbons (Fsp3) is 0.182. The largest absolute Gasteiger partial charge is 0.310 e. The Morgan fingerprint density at radius 2 is 2.00 bits per heavy atom. The molecule has 0 spiro atoms. The Bertz CT molecular complexity index is 1300. The lowest BCUT2D eigenvalue weighted by molar-refractivity contribution is 0.101. The van der Waals surface area contributed by atoms with E-state index in [1.54, 1.807) is 12.1 Å². The molecule has 0 aliphatic heterocycles. The minimum absolute atomic E-state index is 0.0111. The van der Waals surface area contributed by atoms with Gasteiger partial charge in [0.05, 0.1) is 16.1 Å². The summed E-state index contributed by atoms with van der Waals surface area (Å²) in [5.41, 5.74) is 2.20. The molecule has 0 unspecified atom stereocenters. The molecule has 4 aromatic rings. The Kier molecular flexibility index (Phi) is 5.10. The van der Waals surface area contributed by atoms with E-state index < -0.39 is 5.91 Å². The van der Waals surface area contributed by atoms with E-state index in [4.69, 9.17) is 0 Å². The van der Waals surface area contributed by atoms with Crippen LogP contribution in [0.4, 0.5) is 9.39 Å². The summed E-state index contributed by atoms with van der Waals surface area (Å²) in [5.74, 6) is -0.348. The number of hydrogen-bond donors (Lipinski definition) is 1. The van der Waals surface area contributed by atoms with E-state index in [1.807, 2.05) is 17.5 Å². The van der Waals surface area contributed by atoms with Gasteiger partial charge in [0.25, 0.3) is 5.91 Å². The number of fused-ring (bicyclic) bond motifs is 1. The molecule has 1 amide bonds. The number of amides is 1. The Hall–Kier alpha value is -3.35. The molecule has 3 heterocycles. The molecule has 1 N–H and O–H groups in total. The molecule has 0 fully saturated rings. The average molecular weight is 450 g/mol. The maximum atomic E-state index is 13.4. The average Bonchev–Trinajstić information content (AvgIpc) is 3.52. The number of nitriles is 1. The van der Waals surface area contributed by atoms with Crippen LogP contribution in [-0.4, -0.2) is 20.7 Å². The number of nitrogens with zero attached hydrogens (tertiary/aromatic N) is 4. The molecule has 9 heteroatoms. The number of thiophene rings is 2. The molecule has 0 radical (unpaired) electrons. The summed E-state index contributed by atoms with van der Waals surface area (Å²) in [7, 11) is 0. The molecule has 6 nitrogen and oxygen atoms in total. The monoisotopic (exact) mass is 449 g/mol.